The standard InChI is InChI=1S/C16H34N2/c1-5-10-17-11-6-7-15(4)18-12-8-16(9-13-18)14(2)3/h14-17H,5-13H2,1-4H3. The first kappa shape index (κ1) is 16.0. The molecule has 0 aromatic carbocycles. The van der Waals surface area contributed by atoms with Crippen LogP contribution in [0.1, 0.15) is 59.8 Å². The van der Waals surface area contributed by atoms with Crippen molar-refractivity contribution in [2.45, 2.75) is 65.8 Å². The van der Waals surface area contributed by atoms with Crippen molar-refractivity contribution in [2.75, 3.05) is 26.2 Å². The van der Waals surface area contributed by atoms with Gasteiger partial charge in [0.2, 0.25) is 0 Å². The largest absolute Gasteiger partial charge is 0.317 e. The van der Waals surface area contributed by atoms with Crippen LogP contribution in [0.3, 0.4) is 0 Å². The zero-order valence-electron chi connectivity index (χ0n) is 13.0. The van der Waals surface area contributed by atoms with Gasteiger partial charge in [0, 0.05) is 6.04 Å². The van der Waals surface area contributed by atoms with E-state index in [1.165, 1.54) is 58.3 Å². The Morgan fingerprint density at radius 3 is 2.33 bits per heavy atom. The maximum Gasteiger partial charge on any atom is 0.00674 e. The lowest BCUT2D eigenvalue weighted by Crippen LogP contribution is -2.41. The molecule has 1 unspecified atom stereocenters. The zero-order chi connectivity index (χ0) is 13.4. The molecule has 0 aliphatic carbocycles. The molecule has 2 nitrogen and oxygen atoms in total. The van der Waals surface area contributed by atoms with Crippen LogP contribution < -0.4 is 5.32 Å². The van der Waals surface area contributed by atoms with E-state index >= 15 is 0 Å². The van der Waals surface area contributed by atoms with Crippen molar-refractivity contribution in [3.8, 4) is 0 Å². The average molecular weight is 254 g/mol. The molecule has 0 amide bonds. The first-order valence-electron chi connectivity index (χ1n) is 8.09. The Balaban J connectivity index is 2.10. The van der Waals surface area contributed by atoms with Crippen LogP contribution in [0.2, 0.25) is 0 Å². The summed E-state index contributed by atoms with van der Waals surface area (Å²) in [4.78, 5) is 2.71. The lowest BCUT2D eigenvalue weighted by atomic mass is 9.86. The van der Waals surface area contributed by atoms with Gasteiger partial charge < -0.3 is 10.2 Å². The third kappa shape index (κ3) is 5.71. The summed E-state index contributed by atoms with van der Waals surface area (Å²) >= 11 is 0. The Labute approximate surface area is 115 Å². The van der Waals surface area contributed by atoms with Crippen LogP contribution in [0.4, 0.5) is 0 Å². The third-order valence-electron chi connectivity index (χ3n) is 4.54. The van der Waals surface area contributed by atoms with Crippen LogP contribution in [0.15, 0.2) is 0 Å². The predicted octanol–water partition coefficient (Wildman–Crippen LogP) is 3.52. The molecule has 1 N–H and O–H groups in total. The summed E-state index contributed by atoms with van der Waals surface area (Å²) in [5, 5.41) is 3.50. The fraction of sp³-hybridized carbons (Fsp3) is 1.00. The Kier molecular flexibility index (Phi) is 7.92. The van der Waals surface area contributed by atoms with Crippen LogP contribution in [0.25, 0.3) is 0 Å². The summed E-state index contributed by atoms with van der Waals surface area (Å²) in [7, 11) is 0. The smallest absolute Gasteiger partial charge is 0.00674 e. The summed E-state index contributed by atoms with van der Waals surface area (Å²) in [5.41, 5.74) is 0. The summed E-state index contributed by atoms with van der Waals surface area (Å²) in [6.45, 7) is 14.4. The minimum absolute atomic E-state index is 0.779. The number of nitrogens with zero attached hydrogens (tertiary/aromatic N) is 1. The zero-order valence-corrected chi connectivity index (χ0v) is 13.0. The van der Waals surface area contributed by atoms with E-state index in [2.05, 4.69) is 37.9 Å². The molecule has 1 fully saturated rings. The maximum atomic E-state index is 3.50. The van der Waals surface area contributed by atoms with Gasteiger partial charge >= 0.3 is 0 Å². The second kappa shape index (κ2) is 8.92. The van der Waals surface area contributed by atoms with Gasteiger partial charge in [0.05, 0.1) is 0 Å². The molecule has 0 aromatic heterocycles. The maximum absolute atomic E-state index is 3.50. The van der Waals surface area contributed by atoms with Gasteiger partial charge in [0.1, 0.15) is 0 Å². The predicted molar refractivity (Wildman–Crippen MR) is 81.0 cm³/mol. The van der Waals surface area contributed by atoms with Gasteiger partial charge in [-0.3, -0.25) is 0 Å². The molecule has 0 saturated carbocycles. The SMILES string of the molecule is CCCNCCCC(C)N1CCC(C(C)C)CC1. The lowest BCUT2D eigenvalue weighted by Gasteiger charge is -2.37. The van der Waals surface area contributed by atoms with Crippen LogP contribution in [0.5, 0.6) is 0 Å². The van der Waals surface area contributed by atoms with Crippen LogP contribution in [-0.2, 0) is 0 Å². The number of hydrogen-bond donors (Lipinski definition) is 1. The van der Waals surface area contributed by atoms with Gasteiger partial charge in [0.15, 0.2) is 0 Å². The molecule has 1 aliphatic rings. The molecule has 0 spiro atoms. The molecular weight excluding hydrogens is 220 g/mol. The molecule has 1 heterocycles. The topological polar surface area (TPSA) is 15.3 Å². The van der Waals surface area contributed by atoms with E-state index in [0.29, 0.717) is 0 Å². The van der Waals surface area contributed by atoms with Crippen molar-refractivity contribution in [1.29, 1.82) is 0 Å². The van der Waals surface area contributed by atoms with E-state index in [1.54, 1.807) is 0 Å². The van der Waals surface area contributed by atoms with Crippen LogP contribution >= 0.6 is 0 Å². The van der Waals surface area contributed by atoms with Gasteiger partial charge in [0.25, 0.3) is 0 Å². The number of rotatable bonds is 8. The molecule has 2 heteroatoms. The molecule has 108 valence electrons. The fourth-order valence-electron chi connectivity index (χ4n) is 3.03. The second-order valence-corrected chi connectivity index (χ2v) is 6.36. The molecule has 1 rings (SSSR count). The number of nitrogens with one attached hydrogen (secondary N) is 1. The van der Waals surface area contributed by atoms with E-state index in [0.717, 1.165) is 17.9 Å². The highest BCUT2D eigenvalue weighted by Crippen LogP contribution is 2.26. The summed E-state index contributed by atoms with van der Waals surface area (Å²) in [6.07, 6.45) is 6.75. The molecule has 1 aliphatic heterocycles. The van der Waals surface area contributed by atoms with Gasteiger partial charge in [-0.15, -0.1) is 0 Å². The first-order valence-corrected chi connectivity index (χ1v) is 8.09. The number of likely N-dealkylation sites (tertiary alicyclic amines) is 1. The Morgan fingerprint density at radius 2 is 1.78 bits per heavy atom. The normalized spacial score (nSPS) is 20.5. The molecular formula is C16H34N2. The second-order valence-electron chi connectivity index (χ2n) is 6.36. The van der Waals surface area contributed by atoms with Gasteiger partial charge in [-0.25, -0.2) is 0 Å². The third-order valence-corrected chi connectivity index (χ3v) is 4.54. The molecule has 18 heavy (non-hydrogen) atoms. The summed E-state index contributed by atoms with van der Waals surface area (Å²) < 4.78 is 0. The molecule has 0 aromatic rings. The van der Waals surface area contributed by atoms with Crippen molar-refractivity contribution in [3.63, 3.8) is 0 Å². The van der Waals surface area contributed by atoms with E-state index < -0.39 is 0 Å². The minimum Gasteiger partial charge on any atom is -0.317 e. The van der Waals surface area contributed by atoms with Crippen molar-refractivity contribution in [1.82, 2.24) is 10.2 Å². The van der Waals surface area contributed by atoms with Crippen LogP contribution in [-0.4, -0.2) is 37.1 Å². The van der Waals surface area contributed by atoms with E-state index in [9.17, 15) is 0 Å². The minimum atomic E-state index is 0.779. The first-order chi connectivity index (χ1) is 8.65. The highest BCUT2D eigenvalue weighted by Gasteiger charge is 2.23. The molecule has 0 radical (unpaired) electrons. The summed E-state index contributed by atoms with van der Waals surface area (Å²) in [6, 6.07) is 0.779. The van der Waals surface area contributed by atoms with Crippen LogP contribution in [0, 0.1) is 11.8 Å². The Morgan fingerprint density at radius 1 is 1.11 bits per heavy atom. The van der Waals surface area contributed by atoms with E-state index in [1.807, 2.05) is 0 Å². The van der Waals surface area contributed by atoms with Crippen molar-refractivity contribution in [2.24, 2.45) is 11.8 Å². The fourth-order valence-corrected chi connectivity index (χ4v) is 3.03. The van der Waals surface area contributed by atoms with Gasteiger partial charge in [-0.2, -0.15) is 0 Å². The quantitative estimate of drug-likeness (QED) is 0.667. The van der Waals surface area contributed by atoms with Crippen molar-refractivity contribution in [3.05, 3.63) is 0 Å². The van der Waals surface area contributed by atoms with Crippen molar-refractivity contribution < 1.29 is 0 Å². The lowest BCUT2D eigenvalue weighted by molar-refractivity contribution is 0.116. The molecule has 0 bridgehead atoms. The molecule has 1 saturated heterocycles. The molecule has 1 atom stereocenters. The monoisotopic (exact) mass is 254 g/mol. The highest BCUT2D eigenvalue weighted by molar-refractivity contribution is 4.77. The highest BCUT2D eigenvalue weighted by atomic mass is 15.2. The Bertz CT molecular complexity index is 195. The van der Waals surface area contributed by atoms with Gasteiger partial charge in [-0.1, -0.05) is 20.8 Å². The Hall–Kier alpha value is -0.0800. The average Bonchev–Trinajstić information content (AvgIpc) is 2.38. The van der Waals surface area contributed by atoms with E-state index in [4.69, 9.17) is 0 Å². The number of piperidine rings is 1. The summed E-state index contributed by atoms with van der Waals surface area (Å²) in [5.74, 6) is 1.85. The van der Waals surface area contributed by atoms with Crippen molar-refractivity contribution >= 4 is 0 Å². The van der Waals surface area contributed by atoms with Gasteiger partial charge in [-0.05, 0) is 77.0 Å². The number of hydrogen-bond acceptors (Lipinski definition) is 2. The van der Waals surface area contributed by atoms with E-state index in [-0.39, 0.29) is 0 Å².